The number of rotatable bonds is 5. The van der Waals surface area contributed by atoms with Crippen molar-refractivity contribution in [1.29, 1.82) is 0 Å². The topological polar surface area (TPSA) is 49.4 Å². The van der Waals surface area contributed by atoms with Crippen LogP contribution in [0.25, 0.3) is 0 Å². The molecule has 1 N–H and O–H groups in total. The zero-order valence-electron chi connectivity index (χ0n) is 15.2. The van der Waals surface area contributed by atoms with Gasteiger partial charge in [-0.3, -0.25) is 9.59 Å². The SMILES string of the molecule is CC1CC1C(=O)Nc1cccc(C(=O)N(C)C(C)c2ccccc2F)c1. The van der Waals surface area contributed by atoms with Gasteiger partial charge in [0.15, 0.2) is 0 Å². The summed E-state index contributed by atoms with van der Waals surface area (Å²) in [6, 6.07) is 12.9. The van der Waals surface area contributed by atoms with Crippen LogP contribution in [0.15, 0.2) is 48.5 Å². The number of nitrogens with zero attached hydrogens (tertiary/aromatic N) is 1. The predicted octanol–water partition coefficient (Wildman–Crippen LogP) is 4.25. The number of amides is 2. The molecule has 3 unspecified atom stereocenters. The third-order valence-corrected chi connectivity index (χ3v) is 5.08. The van der Waals surface area contributed by atoms with E-state index in [1.165, 1.54) is 11.0 Å². The number of hydrogen-bond donors (Lipinski definition) is 1. The Bertz CT molecular complexity index is 836. The molecule has 3 atom stereocenters. The van der Waals surface area contributed by atoms with E-state index in [0.717, 1.165) is 6.42 Å². The molecule has 0 aliphatic heterocycles. The molecule has 4 nitrogen and oxygen atoms in total. The molecule has 0 saturated heterocycles. The van der Waals surface area contributed by atoms with E-state index in [9.17, 15) is 14.0 Å². The highest BCUT2D eigenvalue weighted by molar-refractivity contribution is 5.98. The molecule has 2 aromatic rings. The molecular formula is C21H23FN2O2. The fourth-order valence-electron chi connectivity index (χ4n) is 3.05. The third kappa shape index (κ3) is 3.77. The second-order valence-corrected chi connectivity index (χ2v) is 7.00. The van der Waals surface area contributed by atoms with E-state index < -0.39 is 6.04 Å². The van der Waals surface area contributed by atoms with E-state index in [1.54, 1.807) is 56.4 Å². The van der Waals surface area contributed by atoms with Crippen LogP contribution in [-0.4, -0.2) is 23.8 Å². The van der Waals surface area contributed by atoms with Crippen molar-refractivity contribution in [1.82, 2.24) is 4.90 Å². The summed E-state index contributed by atoms with van der Waals surface area (Å²) in [5.74, 6) is -0.0725. The largest absolute Gasteiger partial charge is 0.335 e. The Balaban J connectivity index is 1.73. The van der Waals surface area contributed by atoms with Gasteiger partial charge in [-0.25, -0.2) is 4.39 Å². The first-order valence-electron chi connectivity index (χ1n) is 8.81. The molecule has 1 fully saturated rings. The number of carbonyl (C=O) groups is 2. The van der Waals surface area contributed by atoms with Crippen molar-refractivity contribution in [2.24, 2.45) is 11.8 Å². The van der Waals surface area contributed by atoms with Gasteiger partial charge in [0.2, 0.25) is 5.91 Å². The molecular weight excluding hydrogens is 331 g/mol. The number of anilines is 1. The van der Waals surface area contributed by atoms with Gasteiger partial charge in [-0.05, 0) is 43.5 Å². The summed E-state index contributed by atoms with van der Waals surface area (Å²) in [5.41, 5.74) is 1.53. The molecule has 136 valence electrons. The van der Waals surface area contributed by atoms with Gasteiger partial charge in [0, 0.05) is 29.8 Å². The highest BCUT2D eigenvalue weighted by Crippen LogP contribution is 2.38. The normalized spacial score (nSPS) is 19.5. The molecule has 3 rings (SSSR count). The predicted molar refractivity (Wildman–Crippen MR) is 99.3 cm³/mol. The maximum absolute atomic E-state index is 14.0. The number of halogens is 1. The minimum Gasteiger partial charge on any atom is -0.335 e. The van der Waals surface area contributed by atoms with Crippen LogP contribution in [-0.2, 0) is 4.79 Å². The summed E-state index contributed by atoms with van der Waals surface area (Å²) in [4.78, 5) is 26.4. The van der Waals surface area contributed by atoms with Crippen LogP contribution < -0.4 is 5.32 Å². The lowest BCUT2D eigenvalue weighted by Gasteiger charge is -2.26. The lowest BCUT2D eigenvalue weighted by atomic mass is 10.1. The molecule has 5 heteroatoms. The van der Waals surface area contributed by atoms with Crippen molar-refractivity contribution in [3.8, 4) is 0 Å². The molecule has 2 aromatic carbocycles. The van der Waals surface area contributed by atoms with Crippen LogP contribution in [0.4, 0.5) is 10.1 Å². The van der Waals surface area contributed by atoms with Crippen LogP contribution in [0.2, 0.25) is 0 Å². The Morgan fingerprint density at radius 3 is 2.54 bits per heavy atom. The number of nitrogens with one attached hydrogen (secondary N) is 1. The zero-order chi connectivity index (χ0) is 18.8. The number of hydrogen-bond acceptors (Lipinski definition) is 2. The minimum atomic E-state index is -0.408. The highest BCUT2D eigenvalue weighted by Gasteiger charge is 2.39. The van der Waals surface area contributed by atoms with Gasteiger partial charge < -0.3 is 10.2 Å². The Kier molecular flexibility index (Phi) is 5.07. The van der Waals surface area contributed by atoms with Gasteiger partial charge in [0.05, 0.1) is 6.04 Å². The van der Waals surface area contributed by atoms with Crippen molar-refractivity contribution in [3.63, 3.8) is 0 Å². The first-order valence-corrected chi connectivity index (χ1v) is 8.81. The molecule has 0 radical (unpaired) electrons. The van der Waals surface area contributed by atoms with Crippen molar-refractivity contribution in [2.75, 3.05) is 12.4 Å². The average molecular weight is 354 g/mol. The summed E-state index contributed by atoms with van der Waals surface area (Å²) >= 11 is 0. The highest BCUT2D eigenvalue weighted by atomic mass is 19.1. The molecule has 0 heterocycles. The first-order chi connectivity index (χ1) is 12.4. The van der Waals surface area contributed by atoms with Crippen LogP contribution in [0.3, 0.4) is 0 Å². The third-order valence-electron chi connectivity index (χ3n) is 5.08. The van der Waals surface area contributed by atoms with E-state index in [-0.39, 0.29) is 23.5 Å². The summed E-state index contributed by atoms with van der Waals surface area (Å²) in [7, 11) is 1.65. The molecule has 1 saturated carbocycles. The fraction of sp³-hybridized carbons (Fsp3) is 0.333. The average Bonchev–Trinajstić information content (AvgIpc) is 3.37. The maximum Gasteiger partial charge on any atom is 0.254 e. The van der Waals surface area contributed by atoms with E-state index in [1.807, 2.05) is 6.92 Å². The molecule has 0 bridgehead atoms. The van der Waals surface area contributed by atoms with Crippen molar-refractivity contribution in [2.45, 2.75) is 26.3 Å². The van der Waals surface area contributed by atoms with Crippen LogP contribution in [0.5, 0.6) is 0 Å². The zero-order valence-corrected chi connectivity index (χ0v) is 15.2. The Hall–Kier alpha value is -2.69. The van der Waals surface area contributed by atoms with Crippen molar-refractivity contribution in [3.05, 3.63) is 65.5 Å². The van der Waals surface area contributed by atoms with Gasteiger partial charge >= 0.3 is 0 Å². The number of carbonyl (C=O) groups excluding carboxylic acids is 2. The monoisotopic (exact) mass is 354 g/mol. The molecule has 1 aliphatic rings. The number of benzene rings is 2. The molecule has 0 spiro atoms. The summed E-state index contributed by atoms with van der Waals surface area (Å²) in [5, 5.41) is 2.87. The van der Waals surface area contributed by atoms with E-state index in [0.29, 0.717) is 22.7 Å². The summed E-state index contributed by atoms with van der Waals surface area (Å²) in [6.07, 6.45) is 0.910. The summed E-state index contributed by atoms with van der Waals surface area (Å²) in [6.45, 7) is 3.83. The van der Waals surface area contributed by atoms with Gasteiger partial charge in [-0.15, -0.1) is 0 Å². The van der Waals surface area contributed by atoms with Crippen LogP contribution in [0, 0.1) is 17.7 Å². The second-order valence-electron chi connectivity index (χ2n) is 7.00. The quantitative estimate of drug-likeness (QED) is 0.872. The standard InChI is InChI=1S/C21H23FN2O2/c1-13-11-18(13)20(25)23-16-8-6-7-15(12-16)21(26)24(3)14(2)17-9-4-5-10-19(17)22/h4-10,12-14,18H,11H2,1-3H3,(H,23,25). The van der Waals surface area contributed by atoms with Crippen LogP contribution >= 0.6 is 0 Å². The fourth-order valence-corrected chi connectivity index (χ4v) is 3.05. The van der Waals surface area contributed by atoms with Gasteiger partial charge in [-0.1, -0.05) is 31.2 Å². The van der Waals surface area contributed by atoms with E-state index in [2.05, 4.69) is 5.32 Å². The lowest BCUT2D eigenvalue weighted by Crippen LogP contribution is -2.30. The molecule has 26 heavy (non-hydrogen) atoms. The molecule has 2 amide bonds. The minimum absolute atomic E-state index is 0.00446. The van der Waals surface area contributed by atoms with E-state index in [4.69, 9.17) is 0 Å². The Morgan fingerprint density at radius 1 is 1.19 bits per heavy atom. The van der Waals surface area contributed by atoms with Crippen molar-refractivity contribution >= 4 is 17.5 Å². The van der Waals surface area contributed by atoms with Gasteiger partial charge in [0.25, 0.3) is 5.91 Å². The lowest BCUT2D eigenvalue weighted by molar-refractivity contribution is -0.117. The maximum atomic E-state index is 14.0. The van der Waals surface area contributed by atoms with Gasteiger partial charge in [0.1, 0.15) is 5.82 Å². The molecule has 1 aliphatic carbocycles. The smallest absolute Gasteiger partial charge is 0.254 e. The van der Waals surface area contributed by atoms with Crippen molar-refractivity contribution < 1.29 is 14.0 Å². The molecule has 0 aromatic heterocycles. The van der Waals surface area contributed by atoms with E-state index >= 15 is 0 Å². The second kappa shape index (κ2) is 7.28. The van der Waals surface area contributed by atoms with Crippen LogP contribution in [0.1, 0.15) is 42.2 Å². The Labute approximate surface area is 153 Å². The first kappa shape index (κ1) is 18.1. The Morgan fingerprint density at radius 2 is 1.88 bits per heavy atom. The van der Waals surface area contributed by atoms with Gasteiger partial charge in [-0.2, -0.15) is 0 Å². The summed E-state index contributed by atoms with van der Waals surface area (Å²) < 4.78 is 14.0.